The second kappa shape index (κ2) is 8.49. The van der Waals surface area contributed by atoms with Crippen molar-refractivity contribution in [3.8, 4) is 0 Å². The molecule has 0 radical (unpaired) electrons. The number of piperazine rings is 1. The summed E-state index contributed by atoms with van der Waals surface area (Å²) in [5.41, 5.74) is 4.36. The van der Waals surface area contributed by atoms with E-state index in [1.165, 1.54) is 21.9 Å². The van der Waals surface area contributed by atoms with Gasteiger partial charge in [0.1, 0.15) is 0 Å². The summed E-state index contributed by atoms with van der Waals surface area (Å²) in [4.78, 5) is 15.2. The van der Waals surface area contributed by atoms with Gasteiger partial charge in [-0.2, -0.15) is 4.31 Å². The molecule has 1 aliphatic heterocycles. The Balaban J connectivity index is 1.55. The first kappa shape index (κ1) is 21.0. The first-order valence-electron chi connectivity index (χ1n) is 10.6. The number of carbonyl (C=O) groups excluding carboxylic acids is 1. The van der Waals surface area contributed by atoms with Crippen molar-refractivity contribution in [1.82, 2.24) is 9.21 Å². The molecule has 7 heteroatoms. The quantitative estimate of drug-likeness (QED) is 0.814. The number of fused-ring (bicyclic) bond motifs is 1. The van der Waals surface area contributed by atoms with Crippen LogP contribution in [0.1, 0.15) is 39.9 Å². The van der Waals surface area contributed by atoms with Crippen LogP contribution in [0.5, 0.6) is 0 Å². The smallest absolute Gasteiger partial charge is 0.255 e. The molecule has 0 atom stereocenters. The number of rotatable bonds is 4. The SMILES string of the molecule is Cc1ccc(NC(=O)c2ccc3c(c2)CCCC3)cc1S(=O)(=O)N1CCN(C)CC1. The molecule has 1 fully saturated rings. The van der Waals surface area contributed by atoms with Crippen LogP contribution in [0.3, 0.4) is 0 Å². The number of nitrogens with one attached hydrogen (secondary N) is 1. The van der Waals surface area contributed by atoms with Crippen LogP contribution in [0.4, 0.5) is 5.69 Å². The molecule has 6 nitrogen and oxygen atoms in total. The summed E-state index contributed by atoms with van der Waals surface area (Å²) in [6.07, 6.45) is 4.44. The summed E-state index contributed by atoms with van der Waals surface area (Å²) < 4.78 is 27.9. The molecule has 1 N–H and O–H groups in total. The van der Waals surface area contributed by atoms with Gasteiger partial charge in [0.05, 0.1) is 4.90 Å². The molecular formula is C23H29N3O3S. The van der Waals surface area contributed by atoms with Crippen LogP contribution in [0.25, 0.3) is 0 Å². The van der Waals surface area contributed by atoms with E-state index in [0.29, 0.717) is 43.0 Å². The molecule has 0 aromatic heterocycles. The van der Waals surface area contributed by atoms with Crippen molar-refractivity contribution in [2.45, 2.75) is 37.5 Å². The molecular weight excluding hydrogens is 398 g/mol. The third-order valence-corrected chi connectivity index (χ3v) is 8.18. The molecule has 2 aromatic carbocycles. The number of benzene rings is 2. The summed E-state index contributed by atoms with van der Waals surface area (Å²) in [5, 5.41) is 2.88. The van der Waals surface area contributed by atoms with Crippen molar-refractivity contribution in [2.75, 3.05) is 38.5 Å². The number of carbonyl (C=O) groups is 1. The van der Waals surface area contributed by atoms with Crippen LogP contribution < -0.4 is 5.32 Å². The summed E-state index contributed by atoms with van der Waals surface area (Å²) in [7, 11) is -1.60. The first-order valence-corrected chi connectivity index (χ1v) is 12.0. The Morgan fingerprint density at radius 2 is 1.63 bits per heavy atom. The zero-order chi connectivity index (χ0) is 21.3. The minimum Gasteiger partial charge on any atom is -0.322 e. The van der Waals surface area contributed by atoms with Gasteiger partial charge in [-0.25, -0.2) is 8.42 Å². The Bertz CT molecular complexity index is 1060. The van der Waals surface area contributed by atoms with Gasteiger partial charge in [0, 0.05) is 37.4 Å². The Kier molecular flexibility index (Phi) is 5.95. The van der Waals surface area contributed by atoms with Gasteiger partial charge in [-0.05, 0) is 80.6 Å². The predicted octanol–water partition coefficient (Wildman–Crippen LogP) is 3.06. The molecule has 0 bridgehead atoms. The zero-order valence-corrected chi connectivity index (χ0v) is 18.5. The number of anilines is 1. The molecule has 0 unspecified atom stereocenters. The molecule has 2 aliphatic rings. The molecule has 4 rings (SSSR count). The van der Waals surface area contributed by atoms with Gasteiger partial charge in [-0.15, -0.1) is 0 Å². The fourth-order valence-electron chi connectivity index (χ4n) is 4.20. The topological polar surface area (TPSA) is 69.7 Å². The van der Waals surface area contributed by atoms with E-state index in [0.717, 1.165) is 19.3 Å². The minimum atomic E-state index is -3.60. The third kappa shape index (κ3) is 4.29. The number of hydrogen-bond donors (Lipinski definition) is 1. The van der Waals surface area contributed by atoms with Crippen LogP contribution in [-0.4, -0.2) is 56.8 Å². The number of nitrogens with zero attached hydrogens (tertiary/aromatic N) is 2. The maximum absolute atomic E-state index is 13.2. The Morgan fingerprint density at radius 1 is 0.933 bits per heavy atom. The van der Waals surface area contributed by atoms with Crippen molar-refractivity contribution in [1.29, 1.82) is 0 Å². The lowest BCUT2D eigenvalue weighted by Crippen LogP contribution is -2.47. The summed E-state index contributed by atoms with van der Waals surface area (Å²) >= 11 is 0. The Hall–Kier alpha value is -2.22. The van der Waals surface area contributed by atoms with Crippen LogP contribution in [0.15, 0.2) is 41.3 Å². The highest BCUT2D eigenvalue weighted by molar-refractivity contribution is 7.89. The van der Waals surface area contributed by atoms with E-state index in [-0.39, 0.29) is 10.8 Å². The van der Waals surface area contributed by atoms with Crippen molar-refractivity contribution in [3.63, 3.8) is 0 Å². The largest absolute Gasteiger partial charge is 0.322 e. The molecule has 0 saturated carbocycles. The van der Waals surface area contributed by atoms with Gasteiger partial charge >= 0.3 is 0 Å². The summed E-state index contributed by atoms with van der Waals surface area (Å²) in [6.45, 7) is 4.17. The zero-order valence-electron chi connectivity index (χ0n) is 17.6. The van der Waals surface area contributed by atoms with Gasteiger partial charge in [-0.1, -0.05) is 12.1 Å². The van der Waals surface area contributed by atoms with E-state index in [1.807, 2.05) is 25.2 Å². The summed E-state index contributed by atoms with van der Waals surface area (Å²) in [5.74, 6) is -0.213. The number of sulfonamides is 1. The van der Waals surface area contributed by atoms with E-state index < -0.39 is 10.0 Å². The molecule has 1 saturated heterocycles. The second-order valence-electron chi connectivity index (χ2n) is 8.33. The van der Waals surface area contributed by atoms with Crippen LogP contribution in [0, 0.1) is 6.92 Å². The average Bonchev–Trinajstić information content (AvgIpc) is 2.75. The third-order valence-electron chi connectivity index (χ3n) is 6.14. The molecule has 0 spiro atoms. The predicted molar refractivity (Wildman–Crippen MR) is 118 cm³/mol. The molecule has 30 heavy (non-hydrogen) atoms. The average molecular weight is 428 g/mol. The lowest BCUT2D eigenvalue weighted by atomic mass is 9.90. The van der Waals surface area contributed by atoms with Crippen molar-refractivity contribution in [2.24, 2.45) is 0 Å². The van der Waals surface area contributed by atoms with Gasteiger partial charge in [0.25, 0.3) is 5.91 Å². The van der Waals surface area contributed by atoms with Gasteiger partial charge in [-0.3, -0.25) is 4.79 Å². The van der Waals surface area contributed by atoms with E-state index in [4.69, 9.17) is 0 Å². The highest BCUT2D eigenvalue weighted by atomic mass is 32.2. The lowest BCUT2D eigenvalue weighted by molar-refractivity contribution is 0.102. The Labute approximate surface area is 178 Å². The summed E-state index contributed by atoms with van der Waals surface area (Å²) in [6, 6.07) is 11.0. The van der Waals surface area contributed by atoms with E-state index in [1.54, 1.807) is 25.1 Å². The highest BCUT2D eigenvalue weighted by Gasteiger charge is 2.29. The molecule has 2 aromatic rings. The second-order valence-corrected chi connectivity index (χ2v) is 10.2. The minimum absolute atomic E-state index is 0.213. The monoisotopic (exact) mass is 427 g/mol. The van der Waals surface area contributed by atoms with Crippen molar-refractivity contribution < 1.29 is 13.2 Å². The van der Waals surface area contributed by atoms with E-state index >= 15 is 0 Å². The number of hydrogen-bond acceptors (Lipinski definition) is 4. The Morgan fingerprint density at radius 3 is 2.37 bits per heavy atom. The first-order chi connectivity index (χ1) is 14.3. The number of aryl methyl sites for hydroxylation is 3. The van der Waals surface area contributed by atoms with Gasteiger partial charge < -0.3 is 10.2 Å². The van der Waals surface area contributed by atoms with Crippen molar-refractivity contribution >= 4 is 21.6 Å². The fourth-order valence-corrected chi connectivity index (χ4v) is 5.87. The van der Waals surface area contributed by atoms with Crippen LogP contribution in [-0.2, 0) is 22.9 Å². The maximum Gasteiger partial charge on any atom is 0.255 e. The normalized spacial score (nSPS) is 18.1. The molecule has 1 heterocycles. The molecule has 1 amide bonds. The van der Waals surface area contributed by atoms with Crippen molar-refractivity contribution in [3.05, 3.63) is 58.7 Å². The number of likely N-dealkylation sites (N-methyl/N-ethyl adjacent to an activating group) is 1. The van der Waals surface area contributed by atoms with Gasteiger partial charge in [0.15, 0.2) is 0 Å². The van der Waals surface area contributed by atoms with Gasteiger partial charge in [0.2, 0.25) is 10.0 Å². The van der Waals surface area contributed by atoms with Crippen LogP contribution >= 0.6 is 0 Å². The standard InChI is InChI=1S/C23H29N3O3S/c1-17-7-10-21(16-22(17)30(28,29)26-13-11-25(2)12-14-26)24-23(27)20-9-8-18-5-3-4-6-19(18)15-20/h7-10,15-16H,3-6,11-14H2,1-2H3,(H,24,27). The van der Waals surface area contributed by atoms with E-state index in [9.17, 15) is 13.2 Å². The number of amides is 1. The van der Waals surface area contributed by atoms with E-state index in [2.05, 4.69) is 10.2 Å². The molecule has 1 aliphatic carbocycles. The molecule has 160 valence electrons. The maximum atomic E-state index is 13.2. The van der Waals surface area contributed by atoms with Crippen LogP contribution in [0.2, 0.25) is 0 Å². The highest BCUT2D eigenvalue weighted by Crippen LogP contribution is 2.26. The fraction of sp³-hybridized carbons (Fsp3) is 0.435. The lowest BCUT2D eigenvalue weighted by Gasteiger charge is -2.32.